The summed E-state index contributed by atoms with van der Waals surface area (Å²) in [5.41, 5.74) is -2.16. The molecule has 76 valence electrons. The largest absolute Gasteiger partial charge is 0.321 e. The average Bonchev–Trinajstić information content (AvgIpc) is 2.02. The van der Waals surface area contributed by atoms with Crippen molar-refractivity contribution in [3.63, 3.8) is 0 Å². The predicted molar refractivity (Wildman–Crippen MR) is 48.5 cm³/mol. The molecule has 0 aliphatic heterocycles. The van der Waals surface area contributed by atoms with Gasteiger partial charge in [-0.25, -0.2) is 8.78 Å². The van der Waals surface area contributed by atoms with Gasteiger partial charge in [-0.05, 0) is 22.6 Å². The predicted octanol–water partition coefficient (Wildman–Crippen LogP) is 2.67. The zero-order valence-electron chi connectivity index (χ0n) is 6.38. The molecule has 1 heterocycles. The highest BCUT2D eigenvalue weighted by molar-refractivity contribution is 14.1. The number of hydrogen-bond donors (Lipinski definition) is 0. The molecule has 0 unspecified atom stereocenters. The molecule has 1 aromatic heterocycles. The Balaban J connectivity index is 3.41. The van der Waals surface area contributed by atoms with E-state index >= 15 is 0 Å². The SMILES string of the molecule is O=[N+]([O-])c1c(I)cnc(C(F)F)c1F. The third-order valence-electron chi connectivity index (χ3n) is 1.37. The molecule has 0 N–H and O–H groups in total. The molecule has 0 saturated heterocycles. The summed E-state index contributed by atoms with van der Waals surface area (Å²) in [6.07, 6.45) is -2.32. The minimum absolute atomic E-state index is 0.116. The number of alkyl halides is 2. The number of nitrogens with zero attached hydrogens (tertiary/aromatic N) is 2. The Morgan fingerprint density at radius 3 is 2.57 bits per heavy atom. The van der Waals surface area contributed by atoms with E-state index in [0.29, 0.717) is 0 Å². The number of rotatable bonds is 2. The van der Waals surface area contributed by atoms with Crippen LogP contribution < -0.4 is 0 Å². The van der Waals surface area contributed by atoms with Gasteiger partial charge in [-0.15, -0.1) is 0 Å². The Labute approximate surface area is 89.4 Å². The van der Waals surface area contributed by atoms with Crippen LogP contribution in [0.4, 0.5) is 18.9 Å². The summed E-state index contributed by atoms with van der Waals surface area (Å²) < 4.78 is 37.1. The standard InChI is InChI=1S/C6H2F3IN2O2/c7-3-4(6(8)9)11-1-2(10)5(3)12(13)14/h1,6H. The van der Waals surface area contributed by atoms with Crippen molar-refractivity contribution in [1.29, 1.82) is 0 Å². The van der Waals surface area contributed by atoms with Gasteiger partial charge in [0.05, 0.1) is 4.92 Å². The number of hydrogen-bond acceptors (Lipinski definition) is 3. The van der Waals surface area contributed by atoms with Crippen molar-refractivity contribution in [3.8, 4) is 0 Å². The average molecular weight is 318 g/mol. The molecule has 0 aromatic carbocycles. The van der Waals surface area contributed by atoms with E-state index in [4.69, 9.17) is 0 Å². The summed E-state index contributed by atoms with van der Waals surface area (Å²) in [4.78, 5) is 12.3. The van der Waals surface area contributed by atoms with Gasteiger partial charge in [-0.2, -0.15) is 4.39 Å². The molecule has 0 saturated carbocycles. The van der Waals surface area contributed by atoms with Gasteiger partial charge >= 0.3 is 5.69 Å². The fourth-order valence-electron chi connectivity index (χ4n) is 0.790. The van der Waals surface area contributed by atoms with Crippen LogP contribution in [0.15, 0.2) is 6.20 Å². The molecule has 0 atom stereocenters. The van der Waals surface area contributed by atoms with E-state index in [0.717, 1.165) is 6.20 Å². The van der Waals surface area contributed by atoms with Crippen molar-refractivity contribution in [3.05, 3.63) is 31.4 Å². The summed E-state index contributed by atoms with van der Waals surface area (Å²) >= 11 is 1.45. The van der Waals surface area contributed by atoms with Crippen molar-refractivity contribution >= 4 is 28.3 Å². The van der Waals surface area contributed by atoms with E-state index in [9.17, 15) is 23.3 Å². The summed E-state index contributed by atoms with van der Waals surface area (Å²) in [6, 6.07) is 0. The lowest BCUT2D eigenvalue weighted by Gasteiger charge is -2.02. The third kappa shape index (κ3) is 1.94. The van der Waals surface area contributed by atoms with Crippen molar-refractivity contribution < 1.29 is 18.1 Å². The Morgan fingerprint density at radius 2 is 2.14 bits per heavy atom. The molecule has 8 heteroatoms. The highest BCUT2D eigenvalue weighted by Crippen LogP contribution is 2.29. The first-order valence-corrected chi connectivity index (χ1v) is 4.29. The molecule has 14 heavy (non-hydrogen) atoms. The third-order valence-corrected chi connectivity index (χ3v) is 2.15. The van der Waals surface area contributed by atoms with Gasteiger partial charge in [0.25, 0.3) is 6.43 Å². The van der Waals surface area contributed by atoms with Crippen LogP contribution in [0.2, 0.25) is 0 Å². The van der Waals surface area contributed by atoms with Crippen LogP contribution in [0.1, 0.15) is 12.1 Å². The minimum atomic E-state index is -3.16. The number of nitro groups is 1. The Bertz CT molecular complexity index is 386. The normalized spacial score (nSPS) is 10.6. The zero-order valence-corrected chi connectivity index (χ0v) is 8.53. The Kier molecular flexibility index (Phi) is 3.24. The van der Waals surface area contributed by atoms with Crippen LogP contribution in [-0.4, -0.2) is 9.91 Å². The summed E-state index contributed by atoms with van der Waals surface area (Å²) in [5.74, 6) is -1.57. The monoisotopic (exact) mass is 318 g/mol. The molecular formula is C6H2F3IN2O2. The molecule has 0 fully saturated rings. The van der Waals surface area contributed by atoms with Gasteiger partial charge in [0.1, 0.15) is 9.26 Å². The second kappa shape index (κ2) is 4.07. The van der Waals surface area contributed by atoms with Gasteiger partial charge in [-0.1, -0.05) is 0 Å². The van der Waals surface area contributed by atoms with Crippen LogP contribution in [0.3, 0.4) is 0 Å². The van der Waals surface area contributed by atoms with Crippen LogP contribution in [-0.2, 0) is 0 Å². The van der Waals surface area contributed by atoms with Crippen LogP contribution in [0.5, 0.6) is 0 Å². The smallest absolute Gasteiger partial charge is 0.258 e. The maximum absolute atomic E-state index is 13.0. The molecule has 0 bridgehead atoms. The maximum atomic E-state index is 13.0. The Hall–Kier alpha value is -0.930. The molecule has 1 aromatic rings. The molecule has 0 aliphatic carbocycles. The van der Waals surface area contributed by atoms with E-state index in [-0.39, 0.29) is 3.57 Å². The Morgan fingerprint density at radius 1 is 1.57 bits per heavy atom. The molecule has 0 spiro atoms. The second-order valence-corrected chi connectivity index (χ2v) is 3.37. The van der Waals surface area contributed by atoms with Gasteiger partial charge in [0.15, 0.2) is 0 Å². The number of pyridine rings is 1. The van der Waals surface area contributed by atoms with E-state index in [1.807, 2.05) is 0 Å². The van der Waals surface area contributed by atoms with Crippen molar-refractivity contribution in [1.82, 2.24) is 4.98 Å². The van der Waals surface area contributed by atoms with E-state index in [1.54, 1.807) is 0 Å². The van der Waals surface area contributed by atoms with Crippen molar-refractivity contribution in [2.75, 3.05) is 0 Å². The summed E-state index contributed by atoms with van der Waals surface area (Å²) in [5, 5.41) is 10.3. The zero-order chi connectivity index (χ0) is 10.9. The van der Waals surface area contributed by atoms with Crippen LogP contribution in [0.25, 0.3) is 0 Å². The molecule has 0 radical (unpaired) electrons. The first kappa shape index (κ1) is 11.1. The van der Waals surface area contributed by atoms with E-state index in [1.165, 1.54) is 22.6 Å². The first-order valence-electron chi connectivity index (χ1n) is 3.21. The van der Waals surface area contributed by atoms with E-state index in [2.05, 4.69) is 4.98 Å². The summed E-state index contributed by atoms with van der Waals surface area (Å²) in [6.45, 7) is 0. The second-order valence-electron chi connectivity index (χ2n) is 2.21. The fraction of sp³-hybridized carbons (Fsp3) is 0.167. The maximum Gasteiger partial charge on any atom is 0.321 e. The molecular weight excluding hydrogens is 316 g/mol. The highest BCUT2D eigenvalue weighted by Gasteiger charge is 2.27. The van der Waals surface area contributed by atoms with Crippen LogP contribution in [0, 0.1) is 19.5 Å². The molecule has 1 rings (SSSR count). The first-order chi connectivity index (χ1) is 6.45. The highest BCUT2D eigenvalue weighted by atomic mass is 127. The lowest BCUT2D eigenvalue weighted by atomic mass is 10.3. The summed E-state index contributed by atoms with van der Waals surface area (Å²) in [7, 11) is 0. The lowest BCUT2D eigenvalue weighted by molar-refractivity contribution is -0.388. The van der Waals surface area contributed by atoms with Crippen molar-refractivity contribution in [2.45, 2.75) is 6.43 Å². The molecule has 0 amide bonds. The quantitative estimate of drug-likeness (QED) is 0.478. The van der Waals surface area contributed by atoms with Gasteiger partial charge in [0.2, 0.25) is 5.82 Å². The molecule has 4 nitrogen and oxygen atoms in total. The van der Waals surface area contributed by atoms with E-state index < -0.39 is 28.5 Å². The van der Waals surface area contributed by atoms with Gasteiger partial charge in [-0.3, -0.25) is 15.1 Å². The molecule has 0 aliphatic rings. The van der Waals surface area contributed by atoms with Gasteiger partial charge < -0.3 is 0 Å². The van der Waals surface area contributed by atoms with Gasteiger partial charge in [0, 0.05) is 6.20 Å². The minimum Gasteiger partial charge on any atom is -0.258 e. The lowest BCUT2D eigenvalue weighted by Crippen LogP contribution is -2.03. The van der Waals surface area contributed by atoms with Crippen LogP contribution >= 0.6 is 22.6 Å². The van der Waals surface area contributed by atoms with Crippen molar-refractivity contribution in [2.24, 2.45) is 0 Å². The number of halogens is 4. The topological polar surface area (TPSA) is 56.0 Å². The number of aromatic nitrogens is 1. The fourth-order valence-corrected chi connectivity index (χ4v) is 1.36.